The molecule has 4 N–H and O–H groups in total. The first kappa shape index (κ1) is 16.8. The lowest BCUT2D eigenvalue weighted by Crippen LogP contribution is -2.24. The Hall–Kier alpha value is -2.29. The first-order valence-electron chi connectivity index (χ1n) is 5.83. The first-order chi connectivity index (χ1) is 9.93. The van der Waals surface area contributed by atoms with E-state index in [4.69, 9.17) is 20.3 Å². The van der Waals surface area contributed by atoms with Crippen LogP contribution in [0.2, 0.25) is 0 Å². The molecule has 114 valence electrons. The highest BCUT2D eigenvalue weighted by molar-refractivity contribution is 9.10. The molecule has 0 spiro atoms. The molecule has 0 bridgehead atoms. The largest absolute Gasteiger partial charge is 0.490 e. The van der Waals surface area contributed by atoms with Crippen molar-refractivity contribution >= 4 is 34.1 Å². The predicted molar refractivity (Wildman–Crippen MR) is 78.8 cm³/mol. The quantitative estimate of drug-likeness (QED) is 0.500. The van der Waals surface area contributed by atoms with Crippen LogP contribution in [0, 0.1) is 0 Å². The fourth-order valence-corrected chi connectivity index (χ4v) is 1.76. The Balaban J connectivity index is 3.01. The summed E-state index contributed by atoms with van der Waals surface area (Å²) in [5.74, 6) is -0.446. The fourth-order valence-electron chi connectivity index (χ4n) is 1.34. The van der Waals surface area contributed by atoms with E-state index >= 15 is 0 Å². The molecule has 1 aromatic carbocycles. The summed E-state index contributed by atoms with van der Waals surface area (Å²) < 4.78 is 11.1. The zero-order valence-corrected chi connectivity index (χ0v) is 12.7. The van der Waals surface area contributed by atoms with Crippen molar-refractivity contribution in [3.8, 4) is 11.5 Å². The van der Waals surface area contributed by atoms with E-state index in [1.54, 1.807) is 19.1 Å². The molecular formula is C12H14BrN3O5. The van der Waals surface area contributed by atoms with Gasteiger partial charge in [0.2, 0.25) is 0 Å². The number of halogens is 1. The van der Waals surface area contributed by atoms with Gasteiger partial charge in [-0.2, -0.15) is 5.10 Å². The van der Waals surface area contributed by atoms with Crippen molar-refractivity contribution in [2.45, 2.75) is 6.92 Å². The number of nitrogens with one attached hydrogen (secondary N) is 1. The fraction of sp³-hybridized carbons (Fsp3) is 0.250. The molecule has 0 fully saturated rings. The average molecular weight is 360 g/mol. The number of urea groups is 1. The Morgan fingerprint density at radius 3 is 2.67 bits per heavy atom. The van der Waals surface area contributed by atoms with Crippen LogP contribution in [0.15, 0.2) is 21.7 Å². The van der Waals surface area contributed by atoms with E-state index in [-0.39, 0.29) is 5.75 Å². The maximum absolute atomic E-state index is 10.5. The van der Waals surface area contributed by atoms with E-state index < -0.39 is 18.6 Å². The van der Waals surface area contributed by atoms with Crippen molar-refractivity contribution in [1.29, 1.82) is 0 Å². The number of aliphatic carboxylic acids is 1. The van der Waals surface area contributed by atoms with Crippen LogP contribution >= 0.6 is 15.9 Å². The molecule has 0 aromatic heterocycles. The second-order valence-corrected chi connectivity index (χ2v) is 4.52. The Kier molecular flexibility index (Phi) is 6.47. The standard InChI is InChI=1S/C12H14BrN3O5/c1-2-20-9-3-7(5-15-16-12(14)19)8(13)4-10(9)21-6-11(17)18/h3-5H,2,6H2,1H3,(H,17,18)(H3,14,16,19)/b15-5-. The van der Waals surface area contributed by atoms with Crippen LogP contribution in [-0.2, 0) is 4.79 Å². The summed E-state index contributed by atoms with van der Waals surface area (Å²) in [6.07, 6.45) is 1.36. The topological polar surface area (TPSA) is 123 Å². The minimum Gasteiger partial charge on any atom is -0.490 e. The van der Waals surface area contributed by atoms with Gasteiger partial charge in [-0.05, 0) is 35.0 Å². The number of carboxylic acids is 1. The SMILES string of the molecule is CCOc1cc(/C=N\NC(N)=O)c(Br)cc1OCC(=O)O. The maximum Gasteiger partial charge on any atom is 0.341 e. The number of carbonyl (C=O) groups excluding carboxylic acids is 1. The number of hydrogen-bond acceptors (Lipinski definition) is 5. The van der Waals surface area contributed by atoms with Crippen molar-refractivity contribution in [3.63, 3.8) is 0 Å². The average Bonchev–Trinajstić information content (AvgIpc) is 2.40. The molecule has 1 aromatic rings. The molecular weight excluding hydrogens is 346 g/mol. The molecule has 21 heavy (non-hydrogen) atoms. The van der Waals surface area contributed by atoms with Gasteiger partial charge in [-0.1, -0.05) is 0 Å². The van der Waals surface area contributed by atoms with E-state index in [1.807, 2.05) is 0 Å². The summed E-state index contributed by atoms with van der Waals surface area (Å²) in [7, 11) is 0. The zero-order chi connectivity index (χ0) is 15.8. The highest BCUT2D eigenvalue weighted by Gasteiger charge is 2.11. The summed E-state index contributed by atoms with van der Waals surface area (Å²) in [6, 6.07) is 2.37. The van der Waals surface area contributed by atoms with Crippen molar-refractivity contribution in [3.05, 3.63) is 22.2 Å². The van der Waals surface area contributed by atoms with Gasteiger partial charge in [0.05, 0.1) is 12.8 Å². The van der Waals surface area contributed by atoms with E-state index in [0.29, 0.717) is 22.4 Å². The van der Waals surface area contributed by atoms with Gasteiger partial charge in [-0.3, -0.25) is 0 Å². The van der Waals surface area contributed by atoms with Gasteiger partial charge >= 0.3 is 12.0 Å². The number of primary amides is 1. The molecule has 0 heterocycles. The number of carbonyl (C=O) groups is 2. The van der Waals surface area contributed by atoms with E-state index in [9.17, 15) is 9.59 Å². The number of hydrogen-bond donors (Lipinski definition) is 3. The van der Waals surface area contributed by atoms with Gasteiger partial charge in [0, 0.05) is 10.0 Å². The summed E-state index contributed by atoms with van der Waals surface area (Å²) in [5.41, 5.74) is 7.55. The first-order valence-corrected chi connectivity index (χ1v) is 6.62. The number of ether oxygens (including phenoxy) is 2. The minimum atomic E-state index is -1.09. The third kappa shape index (κ3) is 5.69. The summed E-state index contributed by atoms with van der Waals surface area (Å²) in [6.45, 7) is 1.68. The molecule has 0 atom stereocenters. The molecule has 0 saturated carbocycles. The number of amides is 2. The van der Waals surface area contributed by atoms with Crippen molar-refractivity contribution in [1.82, 2.24) is 5.43 Å². The van der Waals surface area contributed by atoms with Gasteiger partial charge in [0.25, 0.3) is 0 Å². The molecule has 0 radical (unpaired) electrons. The van der Waals surface area contributed by atoms with Crippen LogP contribution in [0.1, 0.15) is 12.5 Å². The number of rotatable bonds is 7. The lowest BCUT2D eigenvalue weighted by atomic mass is 10.2. The normalized spacial score (nSPS) is 10.4. The minimum absolute atomic E-state index is 0.283. The third-order valence-electron chi connectivity index (χ3n) is 2.09. The molecule has 8 nitrogen and oxygen atoms in total. The van der Waals surface area contributed by atoms with Crippen molar-refractivity contribution in [2.24, 2.45) is 10.8 Å². The number of nitrogens with zero attached hydrogens (tertiary/aromatic N) is 1. The van der Waals surface area contributed by atoms with Gasteiger partial charge in [0.1, 0.15) is 0 Å². The molecule has 0 unspecified atom stereocenters. The van der Waals surface area contributed by atoms with Gasteiger partial charge in [-0.15, -0.1) is 0 Å². The Morgan fingerprint density at radius 1 is 1.43 bits per heavy atom. The number of hydrazone groups is 1. The van der Waals surface area contributed by atoms with Crippen LogP contribution in [0.5, 0.6) is 11.5 Å². The van der Waals surface area contributed by atoms with Crippen LogP contribution in [0.4, 0.5) is 4.79 Å². The van der Waals surface area contributed by atoms with Crippen LogP contribution in [0.25, 0.3) is 0 Å². The maximum atomic E-state index is 10.5. The summed E-state index contributed by atoms with van der Waals surface area (Å²) in [5, 5.41) is 12.3. The number of nitrogens with two attached hydrogens (primary N) is 1. The van der Waals surface area contributed by atoms with E-state index in [0.717, 1.165) is 0 Å². The second-order valence-electron chi connectivity index (χ2n) is 3.67. The van der Waals surface area contributed by atoms with E-state index in [1.165, 1.54) is 6.21 Å². The molecule has 0 aliphatic heterocycles. The number of benzene rings is 1. The van der Waals surface area contributed by atoms with Gasteiger partial charge in [0.15, 0.2) is 18.1 Å². The van der Waals surface area contributed by atoms with Gasteiger partial charge in [-0.25, -0.2) is 15.0 Å². The highest BCUT2D eigenvalue weighted by Crippen LogP contribution is 2.33. The summed E-state index contributed by atoms with van der Waals surface area (Å²) >= 11 is 3.29. The summed E-state index contributed by atoms with van der Waals surface area (Å²) in [4.78, 5) is 21.1. The Morgan fingerprint density at radius 2 is 2.10 bits per heavy atom. The highest BCUT2D eigenvalue weighted by atomic mass is 79.9. The molecule has 0 aliphatic rings. The smallest absolute Gasteiger partial charge is 0.341 e. The lowest BCUT2D eigenvalue weighted by molar-refractivity contribution is -0.139. The Bertz CT molecular complexity index is 562. The number of carboxylic acid groups (broad SMARTS) is 1. The second kappa shape index (κ2) is 8.10. The monoisotopic (exact) mass is 359 g/mol. The van der Waals surface area contributed by atoms with E-state index in [2.05, 4.69) is 26.5 Å². The molecule has 9 heteroatoms. The van der Waals surface area contributed by atoms with Gasteiger partial charge < -0.3 is 20.3 Å². The zero-order valence-electron chi connectivity index (χ0n) is 11.1. The molecule has 0 aliphatic carbocycles. The van der Waals surface area contributed by atoms with Crippen LogP contribution < -0.4 is 20.6 Å². The Labute approximate surface area is 129 Å². The molecule has 0 saturated heterocycles. The third-order valence-corrected chi connectivity index (χ3v) is 2.78. The van der Waals surface area contributed by atoms with Crippen molar-refractivity contribution < 1.29 is 24.2 Å². The molecule has 1 rings (SSSR count). The van der Waals surface area contributed by atoms with Crippen molar-refractivity contribution in [2.75, 3.05) is 13.2 Å². The van der Waals surface area contributed by atoms with Crippen LogP contribution in [0.3, 0.4) is 0 Å². The van der Waals surface area contributed by atoms with Crippen LogP contribution in [-0.4, -0.2) is 36.5 Å². The predicted octanol–water partition coefficient (Wildman–Crippen LogP) is 1.31. The molecule has 2 amide bonds. The lowest BCUT2D eigenvalue weighted by Gasteiger charge is -2.12.